The van der Waals surface area contributed by atoms with Crippen LogP contribution >= 0.6 is 0 Å². The first-order chi connectivity index (χ1) is 9.47. The molecule has 1 aromatic rings. The Morgan fingerprint density at radius 3 is 2.50 bits per heavy atom. The lowest BCUT2D eigenvalue weighted by Gasteiger charge is -2.29. The maximum atomic E-state index is 12.9. The molecule has 0 spiro atoms. The van der Waals surface area contributed by atoms with E-state index >= 15 is 0 Å². The maximum absolute atomic E-state index is 12.9. The fourth-order valence-electron chi connectivity index (χ4n) is 2.64. The van der Waals surface area contributed by atoms with Gasteiger partial charge in [0.2, 0.25) is 0 Å². The number of nitrogens with zero attached hydrogens (tertiary/aromatic N) is 2. The number of rotatable bonds is 7. The van der Waals surface area contributed by atoms with Crippen molar-refractivity contribution >= 4 is 0 Å². The molecule has 4 heteroatoms. The lowest BCUT2D eigenvalue weighted by atomic mass is 9.98. The van der Waals surface area contributed by atoms with Crippen LogP contribution < -0.4 is 5.73 Å². The lowest BCUT2D eigenvalue weighted by Crippen LogP contribution is -2.37. The van der Waals surface area contributed by atoms with E-state index in [1.807, 2.05) is 0 Å². The third-order valence-electron chi connectivity index (χ3n) is 3.89. The highest BCUT2D eigenvalue weighted by molar-refractivity contribution is 5.10. The molecule has 1 saturated carbocycles. The summed E-state index contributed by atoms with van der Waals surface area (Å²) in [6.45, 7) is 8.77. The van der Waals surface area contributed by atoms with Crippen LogP contribution in [0.25, 0.3) is 0 Å². The molecule has 2 unspecified atom stereocenters. The summed E-state index contributed by atoms with van der Waals surface area (Å²) in [6, 6.07) is 3.74. The molecule has 2 rings (SSSR count). The molecule has 2 N–H and O–H groups in total. The zero-order valence-corrected chi connectivity index (χ0v) is 12.7. The third kappa shape index (κ3) is 4.25. The van der Waals surface area contributed by atoms with E-state index in [4.69, 9.17) is 5.73 Å². The highest BCUT2D eigenvalue weighted by Crippen LogP contribution is 2.30. The molecule has 1 aliphatic rings. The average molecular weight is 279 g/mol. The van der Waals surface area contributed by atoms with Crippen molar-refractivity contribution in [3.63, 3.8) is 0 Å². The zero-order valence-electron chi connectivity index (χ0n) is 12.7. The summed E-state index contributed by atoms with van der Waals surface area (Å²) in [5.74, 6) is 0.670. The van der Waals surface area contributed by atoms with E-state index < -0.39 is 0 Å². The van der Waals surface area contributed by atoms with Crippen molar-refractivity contribution in [2.24, 2.45) is 17.6 Å². The summed E-state index contributed by atoms with van der Waals surface area (Å²) in [7, 11) is 0. The van der Waals surface area contributed by atoms with E-state index in [-0.39, 0.29) is 11.9 Å². The number of hydrogen-bond acceptors (Lipinski definition) is 3. The largest absolute Gasteiger partial charge is 0.322 e. The molecule has 112 valence electrons. The summed E-state index contributed by atoms with van der Waals surface area (Å²) < 4.78 is 12.9. The molecule has 0 aromatic carbocycles. The second-order valence-corrected chi connectivity index (χ2v) is 6.48. The van der Waals surface area contributed by atoms with Gasteiger partial charge in [-0.05, 0) is 36.8 Å². The van der Waals surface area contributed by atoms with E-state index in [0.717, 1.165) is 24.8 Å². The van der Waals surface area contributed by atoms with Crippen molar-refractivity contribution in [3.8, 4) is 0 Å². The Morgan fingerprint density at radius 1 is 1.30 bits per heavy atom. The number of aromatic nitrogens is 1. The van der Waals surface area contributed by atoms with Gasteiger partial charge in [-0.15, -0.1) is 0 Å². The minimum atomic E-state index is -0.312. The van der Waals surface area contributed by atoms with Crippen LogP contribution in [0.15, 0.2) is 18.3 Å². The van der Waals surface area contributed by atoms with Gasteiger partial charge in [-0.2, -0.15) is 0 Å². The van der Waals surface area contributed by atoms with Crippen LogP contribution in [-0.4, -0.2) is 29.0 Å². The van der Waals surface area contributed by atoms with Crippen LogP contribution in [0, 0.1) is 17.7 Å². The van der Waals surface area contributed by atoms with Gasteiger partial charge in [-0.3, -0.25) is 9.88 Å². The number of hydrogen-bond donors (Lipinski definition) is 1. The van der Waals surface area contributed by atoms with Gasteiger partial charge in [0.05, 0.1) is 17.9 Å². The molecule has 20 heavy (non-hydrogen) atoms. The monoisotopic (exact) mass is 279 g/mol. The van der Waals surface area contributed by atoms with E-state index in [9.17, 15) is 4.39 Å². The van der Waals surface area contributed by atoms with Gasteiger partial charge in [0.25, 0.3) is 0 Å². The topological polar surface area (TPSA) is 42.1 Å². The highest BCUT2D eigenvalue weighted by Gasteiger charge is 2.31. The fourth-order valence-corrected chi connectivity index (χ4v) is 2.64. The average Bonchev–Trinajstić information content (AvgIpc) is 3.21. The lowest BCUT2D eigenvalue weighted by molar-refractivity contribution is 0.192. The second kappa shape index (κ2) is 6.64. The van der Waals surface area contributed by atoms with Gasteiger partial charge in [0.15, 0.2) is 0 Å². The molecular weight excluding hydrogens is 253 g/mol. The van der Waals surface area contributed by atoms with Crippen LogP contribution in [0.3, 0.4) is 0 Å². The quantitative estimate of drug-likeness (QED) is 0.834. The highest BCUT2D eigenvalue weighted by atomic mass is 19.1. The Balaban J connectivity index is 1.95. The van der Waals surface area contributed by atoms with Gasteiger partial charge in [-0.25, -0.2) is 4.39 Å². The van der Waals surface area contributed by atoms with Gasteiger partial charge >= 0.3 is 0 Å². The molecular formula is C16H26FN3. The first-order valence-corrected chi connectivity index (χ1v) is 7.58. The Hall–Kier alpha value is -1.00. The van der Waals surface area contributed by atoms with Crippen molar-refractivity contribution in [3.05, 3.63) is 29.8 Å². The second-order valence-electron chi connectivity index (χ2n) is 6.48. The molecule has 2 atom stereocenters. The minimum Gasteiger partial charge on any atom is -0.322 e. The molecule has 0 radical (unpaired) electrons. The van der Waals surface area contributed by atoms with Crippen molar-refractivity contribution < 1.29 is 4.39 Å². The van der Waals surface area contributed by atoms with E-state index in [2.05, 4.69) is 30.7 Å². The summed E-state index contributed by atoms with van der Waals surface area (Å²) in [5, 5.41) is 0. The predicted molar refractivity (Wildman–Crippen MR) is 79.7 cm³/mol. The molecule has 0 aliphatic heterocycles. The molecule has 1 aromatic heterocycles. The van der Waals surface area contributed by atoms with Crippen molar-refractivity contribution in [1.82, 2.24) is 9.88 Å². The Morgan fingerprint density at radius 2 is 2.00 bits per heavy atom. The number of pyridine rings is 1. The summed E-state index contributed by atoms with van der Waals surface area (Å²) >= 11 is 0. The first kappa shape index (κ1) is 15.4. The number of nitrogens with two attached hydrogens (primary N) is 1. The number of halogens is 1. The SMILES string of the molecule is CC(C)CN(CC(C)C(N)c1ccc(F)cn1)C1CC1. The molecule has 1 aliphatic carbocycles. The fraction of sp³-hybridized carbons (Fsp3) is 0.688. The molecule has 1 heterocycles. The normalized spacial score (nSPS) is 18.6. The van der Waals surface area contributed by atoms with E-state index in [0.29, 0.717) is 11.8 Å². The molecule has 0 bridgehead atoms. The summed E-state index contributed by atoms with van der Waals surface area (Å²) in [5.41, 5.74) is 7.05. The first-order valence-electron chi connectivity index (χ1n) is 7.58. The third-order valence-corrected chi connectivity index (χ3v) is 3.89. The van der Waals surface area contributed by atoms with Gasteiger partial charge in [-0.1, -0.05) is 20.8 Å². The zero-order chi connectivity index (χ0) is 14.7. The molecule has 0 saturated heterocycles. The molecule has 0 amide bonds. The Labute approximate surface area is 121 Å². The van der Waals surface area contributed by atoms with Gasteiger partial charge in [0.1, 0.15) is 5.82 Å². The van der Waals surface area contributed by atoms with Crippen LogP contribution in [0.5, 0.6) is 0 Å². The van der Waals surface area contributed by atoms with Crippen LogP contribution in [0.2, 0.25) is 0 Å². The van der Waals surface area contributed by atoms with Crippen LogP contribution in [0.1, 0.15) is 45.3 Å². The minimum absolute atomic E-state index is 0.135. The Kier molecular flexibility index (Phi) is 5.11. The van der Waals surface area contributed by atoms with Crippen molar-refractivity contribution in [2.45, 2.75) is 45.7 Å². The molecule has 1 fully saturated rings. The molecule has 3 nitrogen and oxygen atoms in total. The van der Waals surface area contributed by atoms with Gasteiger partial charge in [0, 0.05) is 19.1 Å². The van der Waals surface area contributed by atoms with Crippen LogP contribution in [0.4, 0.5) is 4.39 Å². The predicted octanol–water partition coefficient (Wildman–Crippen LogP) is 2.98. The standard InChI is InChI=1S/C16H26FN3/c1-11(2)9-20(14-5-6-14)10-12(3)16(18)15-7-4-13(17)8-19-15/h4,7-8,11-12,14,16H,5-6,9-10,18H2,1-3H3. The smallest absolute Gasteiger partial charge is 0.141 e. The van der Waals surface area contributed by atoms with Crippen molar-refractivity contribution in [1.29, 1.82) is 0 Å². The van der Waals surface area contributed by atoms with Crippen LogP contribution in [-0.2, 0) is 0 Å². The van der Waals surface area contributed by atoms with Crippen molar-refractivity contribution in [2.75, 3.05) is 13.1 Å². The maximum Gasteiger partial charge on any atom is 0.141 e. The van der Waals surface area contributed by atoms with Gasteiger partial charge < -0.3 is 5.73 Å². The summed E-state index contributed by atoms with van der Waals surface area (Å²) in [6.07, 6.45) is 3.86. The van der Waals surface area contributed by atoms with E-state index in [1.165, 1.54) is 25.1 Å². The van der Waals surface area contributed by atoms with E-state index in [1.54, 1.807) is 6.07 Å². The summed E-state index contributed by atoms with van der Waals surface area (Å²) in [4.78, 5) is 6.66. The Bertz CT molecular complexity index is 414.